The average Bonchev–Trinajstić information content (AvgIpc) is 3.51. The van der Waals surface area contributed by atoms with Gasteiger partial charge in [0, 0.05) is 30.5 Å². The molecule has 9 heteroatoms. The molecule has 7 nitrogen and oxygen atoms in total. The van der Waals surface area contributed by atoms with Gasteiger partial charge in [0.1, 0.15) is 11.4 Å². The summed E-state index contributed by atoms with van der Waals surface area (Å²) in [6.07, 6.45) is 2.85. The molecule has 1 aliphatic rings. The monoisotopic (exact) mass is 540 g/mol. The van der Waals surface area contributed by atoms with E-state index >= 15 is 0 Å². The minimum absolute atomic E-state index is 0.0407. The third-order valence-electron chi connectivity index (χ3n) is 6.46. The first-order valence-electron chi connectivity index (χ1n) is 13.1. The summed E-state index contributed by atoms with van der Waals surface area (Å²) >= 11 is 0. The molecule has 2 heterocycles. The fraction of sp³-hybridized carbons (Fsp3) is 0.400. The standard InChI is InChI=1S/C30H34F2N2O5/c1-6-25-26(28(35)37-7-2)22(18-34(25)20-15-16-33(17-20)29(36)39-30(3,4)5)19-11-13-21(14-12-19)38-27-23(31)9-8-10-24(27)32/h8-14,18,20H,6-7,15-17H2,1-5H3/t20-/m1/s1. The summed E-state index contributed by atoms with van der Waals surface area (Å²) in [5.74, 6) is -2.26. The van der Waals surface area contributed by atoms with Gasteiger partial charge in [-0.2, -0.15) is 0 Å². The molecule has 1 aliphatic heterocycles. The van der Waals surface area contributed by atoms with E-state index in [4.69, 9.17) is 14.2 Å². The van der Waals surface area contributed by atoms with E-state index in [9.17, 15) is 18.4 Å². The summed E-state index contributed by atoms with van der Waals surface area (Å²) < 4.78 is 46.5. The second-order valence-corrected chi connectivity index (χ2v) is 10.4. The number of rotatable bonds is 7. The highest BCUT2D eigenvalue weighted by molar-refractivity contribution is 5.99. The van der Waals surface area contributed by atoms with Gasteiger partial charge in [0.2, 0.25) is 0 Å². The number of hydrogen-bond donors (Lipinski definition) is 0. The number of esters is 1. The van der Waals surface area contributed by atoms with Gasteiger partial charge in [0.25, 0.3) is 0 Å². The van der Waals surface area contributed by atoms with E-state index in [1.807, 2.05) is 33.9 Å². The SMILES string of the molecule is CCOC(=O)c1c(-c2ccc(Oc3c(F)cccc3F)cc2)cn([C@@H]2CCN(C(=O)OC(C)(C)C)C2)c1CC. The van der Waals surface area contributed by atoms with Gasteiger partial charge in [-0.05, 0) is 70.4 Å². The fourth-order valence-corrected chi connectivity index (χ4v) is 4.76. The Morgan fingerprint density at radius 2 is 1.69 bits per heavy atom. The van der Waals surface area contributed by atoms with Crippen molar-refractivity contribution in [3.05, 3.63) is 71.6 Å². The van der Waals surface area contributed by atoms with E-state index in [1.54, 1.807) is 36.1 Å². The van der Waals surface area contributed by atoms with Crippen LogP contribution in [-0.4, -0.2) is 46.8 Å². The maximum atomic E-state index is 14.0. The summed E-state index contributed by atoms with van der Waals surface area (Å²) in [6.45, 7) is 10.5. The summed E-state index contributed by atoms with van der Waals surface area (Å²) in [7, 11) is 0. The predicted octanol–water partition coefficient (Wildman–Crippen LogP) is 7.15. The van der Waals surface area contributed by atoms with Crippen LogP contribution in [0.4, 0.5) is 13.6 Å². The van der Waals surface area contributed by atoms with E-state index in [-0.39, 0.29) is 24.5 Å². The van der Waals surface area contributed by atoms with Gasteiger partial charge in [-0.1, -0.05) is 25.1 Å². The first kappa shape index (κ1) is 28.1. The van der Waals surface area contributed by atoms with E-state index in [1.165, 1.54) is 6.07 Å². The number of para-hydroxylation sites is 1. The van der Waals surface area contributed by atoms with E-state index in [2.05, 4.69) is 4.57 Å². The summed E-state index contributed by atoms with van der Waals surface area (Å²) in [4.78, 5) is 27.5. The second-order valence-electron chi connectivity index (χ2n) is 10.4. The number of hydrogen-bond acceptors (Lipinski definition) is 5. The second kappa shape index (κ2) is 11.5. The van der Waals surface area contributed by atoms with E-state index < -0.39 is 29.0 Å². The Bertz CT molecular complexity index is 1320. The van der Waals surface area contributed by atoms with Crippen LogP contribution in [0.3, 0.4) is 0 Å². The van der Waals surface area contributed by atoms with Gasteiger partial charge in [-0.15, -0.1) is 0 Å². The molecule has 0 saturated carbocycles. The number of carbonyl (C=O) groups excluding carboxylic acids is 2. The number of likely N-dealkylation sites (tertiary alicyclic amines) is 1. The van der Waals surface area contributed by atoms with Crippen LogP contribution in [0, 0.1) is 11.6 Å². The molecule has 0 aliphatic carbocycles. The zero-order valence-corrected chi connectivity index (χ0v) is 22.9. The van der Waals surface area contributed by atoms with Crippen molar-refractivity contribution < 1.29 is 32.6 Å². The maximum absolute atomic E-state index is 14.0. The lowest BCUT2D eigenvalue weighted by molar-refractivity contribution is 0.0288. The minimum Gasteiger partial charge on any atom is -0.462 e. The van der Waals surface area contributed by atoms with Crippen molar-refractivity contribution in [2.75, 3.05) is 19.7 Å². The Labute approximate surface area is 227 Å². The quantitative estimate of drug-likeness (QED) is 0.298. The molecule has 39 heavy (non-hydrogen) atoms. The molecule has 1 atom stereocenters. The molecule has 0 N–H and O–H groups in total. The zero-order valence-electron chi connectivity index (χ0n) is 22.9. The van der Waals surface area contributed by atoms with Crippen molar-refractivity contribution in [3.8, 4) is 22.6 Å². The van der Waals surface area contributed by atoms with Crippen LogP contribution in [0.5, 0.6) is 11.5 Å². The van der Waals surface area contributed by atoms with Gasteiger partial charge < -0.3 is 23.7 Å². The van der Waals surface area contributed by atoms with Crippen molar-refractivity contribution in [1.82, 2.24) is 9.47 Å². The molecular formula is C30H34F2N2O5. The van der Waals surface area contributed by atoms with Crippen molar-refractivity contribution >= 4 is 12.1 Å². The molecule has 208 valence electrons. The molecule has 0 unspecified atom stereocenters. The van der Waals surface area contributed by atoms with E-state index in [0.717, 1.165) is 23.4 Å². The average molecular weight is 541 g/mol. The molecule has 4 rings (SSSR count). The van der Waals surface area contributed by atoms with Crippen LogP contribution in [0.1, 0.15) is 63.1 Å². The number of nitrogens with zero attached hydrogens (tertiary/aromatic N) is 2. The van der Waals surface area contributed by atoms with Crippen LogP contribution in [0.25, 0.3) is 11.1 Å². The smallest absolute Gasteiger partial charge is 0.410 e. The largest absolute Gasteiger partial charge is 0.462 e. The highest BCUT2D eigenvalue weighted by Crippen LogP contribution is 2.36. The van der Waals surface area contributed by atoms with Gasteiger partial charge in [0.15, 0.2) is 17.4 Å². The number of halogens is 2. The Hall–Kier alpha value is -3.88. The highest BCUT2D eigenvalue weighted by atomic mass is 19.1. The first-order chi connectivity index (χ1) is 18.5. The van der Waals surface area contributed by atoms with Crippen molar-refractivity contribution in [3.63, 3.8) is 0 Å². The number of carbonyl (C=O) groups is 2. The molecule has 0 radical (unpaired) electrons. The number of aromatic nitrogens is 1. The minimum atomic E-state index is -0.801. The lowest BCUT2D eigenvalue weighted by Gasteiger charge is -2.24. The zero-order chi connectivity index (χ0) is 28.3. The van der Waals surface area contributed by atoms with Gasteiger partial charge in [-0.25, -0.2) is 18.4 Å². The predicted molar refractivity (Wildman–Crippen MR) is 143 cm³/mol. The van der Waals surface area contributed by atoms with Crippen molar-refractivity contribution in [1.29, 1.82) is 0 Å². The molecule has 2 aromatic carbocycles. The highest BCUT2D eigenvalue weighted by Gasteiger charge is 2.33. The summed E-state index contributed by atoms with van der Waals surface area (Å²) in [5, 5.41) is 0. The molecule has 3 aromatic rings. The molecule has 1 fully saturated rings. The third-order valence-corrected chi connectivity index (χ3v) is 6.46. The molecule has 0 spiro atoms. The normalized spacial score (nSPS) is 15.4. The molecule has 1 aromatic heterocycles. The van der Waals surface area contributed by atoms with Crippen molar-refractivity contribution in [2.45, 2.75) is 59.1 Å². The van der Waals surface area contributed by atoms with Gasteiger partial charge in [0.05, 0.1) is 18.2 Å². The van der Waals surface area contributed by atoms with E-state index in [0.29, 0.717) is 37.1 Å². The topological polar surface area (TPSA) is 70.0 Å². The number of ether oxygens (including phenoxy) is 3. The summed E-state index contributed by atoms with van der Waals surface area (Å²) in [6, 6.07) is 10.1. The molecular weight excluding hydrogens is 506 g/mol. The Balaban J connectivity index is 1.66. The molecule has 1 saturated heterocycles. The Morgan fingerprint density at radius 1 is 1.03 bits per heavy atom. The van der Waals surface area contributed by atoms with Crippen LogP contribution in [-0.2, 0) is 15.9 Å². The van der Waals surface area contributed by atoms with Gasteiger partial charge in [-0.3, -0.25) is 0 Å². The van der Waals surface area contributed by atoms with Crippen LogP contribution >= 0.6 is 0 Å². The molecule has 0 bridgehead atoms. The third kappa shape index (κ3) is 6.24. The fourth-order valence-electron chi connectivity index (χ4n) is 4.76. The van der Waals surface area contributed by atoms with Crippen molar-refractivity contribution in [2.24, 2.45) is 0 Å². The van der Waals surface area contributed by atoms with Crippen LogP contribution in [0.15, 0.2) is 48.7 Å². The first-order valence-corrected chi connectivity index (χ1v) is 13.1. The lowest BCUT2D eigenvalue weighted by atomic mass is 10.0. The van der Waals surface area contributed by atoms with Crippen LogP contribution < -0.4 is 4.74 Å². The number of benzene rings is 2. The van der Waals surface area contributed by atoms with Crippen LogP contribution in [0.2, 0.25) is 0 Å². The maximum Gasteiger partial charge on any atom is 0.410 e. The number of amides is 1. The molecule has 1 amide bonds. The lowest BCUT2D eigenvalue weighted by Crippen LogP contribution is -2.35. The Morgan fingerprint density at radius 3 is 2.28 bits per heavy atom. The van der Waals surface area contributed by atoms with Gasteiger partial charge >= 0.3 is 12.1 Å². The Kier molecular flexibility index (Phi) is 8.28. The summed E-state index contributed by atoms with van der Waals surface area (Å²) in [5.41, 5.74) is 2.08.